The van der Waals surface area contributed by atoms with Gasteiger partial charge in [0.2, 0.25) is 0 Å². The zero-order chi connectivity index (χ0) is 12.3. The van der Waals surface area contributed by atoms with Crippen LogP contribution >= 0.6 is 23.2 Å². The van der Waals surface area contributed by atoms with Gasteiger partial charge in [0.05, 0.1) is 0 Å². The Morgan fingerprint density at radius 2 is 2.24 bits per heavy atom. The van der Waals surface area contributed by atoms with Crippen LogP contribution in [0.1, 0.15) is 24.0 Å². The van der Waals surface area contributed by atoms with Crippen molar-refractivity contribution in [2.75, 3.05) is 19.0 Å². The van der Waals surface area contributed by atoms with E-state index in [1.54, 1.807) is 0 Å². The molecule has 1 aromatic carbocycles. The fourth-order valence-corrected chi connectivity index (χ4v) is 2.99. The highest BCUT2D eigenvalue weighted by Crippen LogP contribution is 2.23. The molecule has 1 fully saturated rings. The summed E-state index contributed by atoms with van der Waals surface area (Å²) in [6.45, 7) is 5.29. The van der Waals surface area contributed by atoms with Gasteiger partial charge in [-0.25, -0.2) is 0 Å². The summed E-state index contributed by atoms with van der Waals surface area (Å²) in [5.74, 6) is 1.42. The van der Waals surface area contributed by atoms with E-state index in [2.05, 4.69) is 24.0 Å². The van der Waals surface area contributed by atoms with Crippen molar-refractivity contribution >= 4 is 23.2 Å². The van der Waals surface area contributed by atoms with Gasteiger partial charge in [-0.15, -0.1) is 11.6 Å². The van der Waals surface area contributed by atoms with Crippen LogP contribution in [0.25, 0.3) is 0 Å². The standard InChI is InChI=1S/C14H19Cl2N/c1-11-4-5-13(14(16)7-11)10-17-6-2-3-12(8-15)9-17/h4-5,7,12H,2-3,6,8-10H2,1H3. The Labute approximate surface area is 114 Å². The van der Waals surface area contributed by atoms with E-state index in [4.69, 9.17) is 23.2 Å². The molecule has 2 rings (SSSR count). The highest BCUT2D eigenvalue weighted by Gasteiger charge is 2.19. The molecule has 1 aliphatic rings. The van der Waals surface area contributed by atoms with Gasteiger partial charge in [-0.05, 0) is 49.4 Å². The predicted molar refractivity (Wildman–Crippen MR) is 74.9 cm³/mol. The van der Waals surface area contributed by atoms with Crippen LogP contribution in [0.15, 0.2) is 18.2 Å². The molecule has 1 atom stereocenters. The van der Waals surface area contributed by atoms with Gasteiger partial charge in [-0.1, -0.05) is 23.7 Å². The second kappa shape index (κ2) is 6.08. The SMILES string of the molecule is Cc1ccc(CN2CCCC(CCl)C2)c(Cl)c1. The highest BCUT2D eigenvalue weighted by molar-refractivity contribution is 6.31. The van der Waals surface area contributed by atoms with Crippen molar-refractivity contribution < 1.29 is 0 Å². The van der Waals surface area contributed by atoms with E-state index in [9.17, 15) is 0 Å². The minimum atomic E-state index is 0.648. The minimum absolute atomic E-state index is 0.648. The van der Waals surface area contributed by atoms with Gasteiger partial charge in [0, 0.05) is 24.0 Å². The zero-order valence-corrected chi connectivity index (χ0v) is 11.8. The van der Waals surface area contributed by atoms with Crippen LogP contribution in [-0.2, 0) is 6.54 Å². The Kier molecular flexibility index (Phi) is 4.72. The second-order valence-electron chi connectivity index (χ2n) is 4.99. The maximum Gasteiger partial charge on any atom is 0.0453 e. The van der Waals surface area contributed by atoms with Crippen LogP contribution in [0, 0.1) is 12.8 Å². The number of alkyl halides is 1. The molecular formula is C14H19Cl2N. The topological polar surface area (TPSA) is 3.24 Å². The van der Waals surface area contributed by atoms with Crippen molar-refractivity contribution in [2.24, 2.45) is 5.92 Å². The van der Waals surface area contributed by atoms with Gasteiger partial charge in [0.1, 0.15) is 0 Å². The van der Waals surface area contributed by atoms with Crippen molar-refractivity contribution in [3.63, 3.8) is 0 Å². The molecule has 3 heteroatoms. The molecule has 1 saturated heterocycles. The summed E-state index contributed by atoms with van der Waals surface area (Å²) in [6.07, 6.45) is 2.52. The van der Waals surface area contributed by atoms with Crippen LogP contribution < -0.4 is 0 Å². The van der Waals surface area contributed by atoms with Gasteiger partial charge in [0.25, 0.3) is 0 Å². The molecule has 0 amide bonds. The Morgan fingerprint density at radius 3 is 2.94 bits per heavy atom. The number of likely N-dealkylation sites (tertiary alicyclic amines) is 1. The lowest BCUT2D eigenvalue weighted by Crippen LogP contribution is -2.35. The summed E-state index contributed by atoms with van der Waals surface area (Å²) >= 11 is 12.2. The molecule has 1 heterocycles. The van der Waals surface area contributed by atoms with Gasteiger partial charge in [-0.2, -0.15) is 0 Å². The fraction of sp³-hybridized carbons (Fsp3) is 0.571. The summed E-state index contributed by atoms with van der Waals surface area (Å²) in [4.78, 5) is 2.47. The minimum Gasteiger partial charge on any atom is -0.299 e. The molecule has 0 aliphatic carbocycles. The summed E-state index contributed by atoms with van der Waals surface area (Å²) in [5.41, 5.74) is 2.45. The molecule has 0 N–H and O–H groups in total. The molecule has 1 aromatic rings. The number of hydrogen-bond acceptors (Lipinski definition) is 1. The third-order valence-corrected chi connectivity index (χ3v) is 4.21. The molecule has 1 aliphatic heterocycles. The largest absolute Gasteiger partial charge is 0.299 e. The van der Waals surface area contributed by atoms with Crippen LogP contribution in [0.5, 0.6) is 0 Å². The number of nitrogens with zero attached hydrogens (tertiary/aromatic N) is 1. The third-order valence-electron chi connectivity index (χ3n) is 3.42. The van der Waals surface area contributed by atoms with E-state index in [1.165, 1.54) is 24.0 Å². The first-order chi connectivity index (χ1) is 8.19. The number of aryl methyl sites for hydroxylation is 1. The normalized spacial score (nSPS) is 21.7. The van der Waals surface area contributed by atoms with Gasteiger partial charge in [0.15, 0.2) is 0 Å². The lowest BCUT2D eigenvalue weighted by molar-refractivity contribution is 0.178. The Hall–Kier alpha value is -0.240. The lowest BCUT2D eigenvalue weighted by Gasteiger charge is -2.32. The zero-order valence-electron chi connectivity index (χ0n) is 10.3. The first-order valence-corrected chi connectivity index (χ1v) is 7.13. The maximum atomic E-state index is 6.27. The quantitative estimate of drug-likeness (QED) is 0.749. The van der Waals surface area contributed by atoms with Gasteiger partial charge < -0.3 is 0 Å². The Morgan fingerprint density at radius 1 is 1.41 bits per heavy atom. The van der Waals surface area contributed by atoms with Gasteiger partial charge in [-0.3, -0.25) is 4.90 Å². The number of halogens is 2. The summed E-state index contributed by atoms with van der Waals surface area (Å²) in [7, 11) is 0. The van der Waals surface area contributed by atoms with Crippen LogP contribution in [0.4, 0.5) is 0 Å². The number of rotatable bonds is 3. The van der Waals surface area contributed by atoms with E-state index < -0.39 is 0 Å². The molecular weight excluding hydrogens is 253 g/mol. The van der Waals surface area contributed by atoms with Crippen LogP contribution in [-0.4, -0.2) is 23.9 Å². The molecule has 0 aromatic heterocycles. The van der Waals surface area contributed by atoms with E-state index in [0.29, 0.717) is 5.92 Å². The molecule has 94 valence electrons. The van der Waals surface area contributed by atoms with Crippen molar-refractivity contribution in [2.45, 2.75) is 26.3 Å². The molecule has 0 spiro atoms. The van der Waals surface area contributed by atoms with E-state index in [-0.39, 0.29) is 0 Å². The molecule has 1 nitrogen and oxygen atoms in total. The van der Waals surface area contributed by atoms with Crippen molar-refractivity contribution in [3.8, 4) is 0 Å². The first kappa shape index (κ1) is 13.2. The smallest absolute Gasteiger partial charge is 0.0453 e. The van der Waals surface area contributed by atoms with Crippen molar-refractivity contribution in [1.82, 2.24) is 4.90 Å². The third kappa shape index (κ3) is 3.61. The highest BCUT2D eigenvalue weighted by atomic mass is 35.5. The van der Waals surface area contributed by atoms with E-state index in [0.717, 1.165) is 30.5 Å². The first-order valence-electron chi connectivity index (χ1n) is 6.22. The summed E-state index contributed by atoms with van der Waals surface area (Å²) in [5, 5.41) is 0.887. The Balaban J connectivity index is 2.00. The molecule has 17 heavy (non-hydrogen) atoms. The molecule has 1 unspecified atom stereocenters. The van der Waals surface area contributed by atoms with Crippen LogP contribution in [0.3, 0.4) is 0 Å². The number of benzene rings is 1. The average Bonchev–Trinajstić information content (AvgIpc) is 2.33. The number of piperidine rings is 1. The number of hydrogen-bond donors (Lipinski definition) is 0. The Bertz CT molecular complexity index is 378. The van der Waals surface area contributed by atoms with E-state index in [1.807, 2.05) is 6.07 Å². The summed E-state index contributed by atoms with van der Waals surface area (Å²) in [6, 6.07) is 6.31. The average molecular weight is 272 g/mol. The second-order valence-corrected chi connectivity index (χ2v) is 5.71. The monoisotopic (exact) mass is 271 g/mol. The fourth-order valence-electron chi connectivity index (χ4n) is 2.44. The van der Waals surface area contributed by atoms with Gasteiger partial charge >= 0.3 is 0 Å². The van der Waals surface area contributed by atoms with Crippen molar-refractivity contribution in [3.05, 3.63) is 34.3 Å². The molecule has 0 radical (unpaired) electrons. The predicted octanol–water partition coefficient (Wildman–Crippen LogP) is 4.10. The maximum absolute atomic E-state index is 6.27. The molecule has 0 saturated carbocycles. The summed E-state index contributed by atoms with van der Waals surface area (Å²) < 4.78 is 0. The van der Waals surface area contributed by atoms with E-state index >= 15 is 0 Å². The molecule has 0 bridgehead atoms. The van der Waals surface area contributed by atoms with Crippen molar-refractivity contribution in [1.29, 1.82) is 0 Å². The van der Waals surface area contributed by atoms with Crippen LogP contribution in [0.2, 0.25) is 5.02 Å². The lowest BCUT2D eigenvalue weighted by atomic mass is 9.99.